The molecule has 0 N–H and O–H groups in total. The smallest absolute Gasteiger partial charge is 0.223 e. The summed E-state index contributed by atoms with van der Waals surface area (Å²) in [6.07, 6.45) is 1.24. The molecule has 0 saturated carbocycles. The molecular formula is C22H24F2N2O2. The Balaban J connectivity index is 1.42. The Bertz CT molecular complexity index is 763. The van der Waals surface area contributed by atoms with Crippen LogP contribution in [-0.2, 0) is 22.4 Å². The average molecular weight is 386 g/mol. The number of amides is 2. The molecule has 0 spiro atoms. The number of hydrogen-bond donors (Lipinski definition) is 0. The molecule has 0 atom stereocenters. The lowest BCUT2D eigenvalue weighted by molar-refractivity contribution is -0.139. The lowest BCUT2D eigenvalue weighted by atomic mass is 10.1. The van der Waals surface area contributed by atoms with Crippen molar-refractivity contribution in [2.24, 2.45) is 0 Å². The maximum Gasteiger partial charge on any atom is 0.223 e. The number of benzene rings is 2. The van der Waals surface area contributed by atoms with E-state index in [4.69, 9.17) is 0 Å². The van der Waals surface area contributed by atoms with Gasteiger partial charge in [-0.25, -0.2) is 8.78 Å². The molecule has 28 heavy (non-hydrogen) atoms. The number of aryl methyl sites for hydroxylation is 2. The van der Waals surface area contributed by atoms with Crippen LogP contribution in [0.25, 0.3) is 0 Å². The average Bonchev–Trinajstić information content (AvgIpc) is 2.72. The van der Waals surface area contributed by atoms with E-state index in [9.17, 15) is 18.4 Å². The predicted molar refractivity (Wildman–Crippen MR) is 103 cm³/mol. The highest BCUT2D eigenvalue weighted by molar-refractivity contribution is 5.78. The Morgan fingerprint density at radius 2 is 1.04 bits per heavy atom. The van der Waals surface area contributed by atoms with Gasteiger partial charge in [0.2, 0.25) is 11.8 Å². The van der Waals surface area contributed by atoms with Crippen LogP contribution in [0.5, 0.6) is 0 Å². The molecule has 1 aliphatic heterocycles. The van der Waals surface area contributed by atoms with Gasteiger partial charge in [-0.2, -0.15) is 0 Å². The normalized spacial score (nSPS) is 14.2. The van der Waals surface area contributed by atoms with E-state index >= 15 is 0 Å². The van der Waals surface area contributed by atoms with E-state index in [1.165, 1.54) is 12.1 Å². The van der Waals surface area contributed by atoms with E-state index in [2.05, 4.69) is 0 Å². The summed E-state index contributed by atoms with van der Waals surface area (Å²) < 4.78 is 27.3. The highest BCUT2D eigenvalue weighted by Crippen LogP contribution is 2.13. The van der Waals surface area contributed by atoms with Gasteiger partial charge in [0.1, 0.15) is 11.6 Å². The zero-order valence-electron chi connectivity index (χ0n) is 15.7. The highest BCUT2D eigenvalue weighted by Gasteiger charge is 2.24. The summed E-state index contributed by atoms with van der Waals surface area (Å²) >= 11 is 0. The van der Waals surface area contributed by atoms with E-state index in [-0.39, 0.29) is 36.3 Å². The molecule has 1 saturated heterocycles. The third-order valence-corrected chi connectivity index (χ3v) is 5.12. The Morgan fingerprint density at radius 3 is 1.39 bits per heavy atom. The van der Waals surface area contributed by atoms with Gasteiger partial charge in [0.25, 0.3) is 0 Å². The van der Waals surface area contributed by atoms with Crippen LogP contribution in [0.3, 0.4) is 0 Å². The Labute approximate surface area is 163 Å². The zero-order valence-corrected chi connectivity index (χ0v) is 15.7. The molecule has 6 heteroatoms. The van der Waals surface area contributed by atoms with Crippen molar-refractivity contribution in [3.8, 4) is 0 Å². The number of halogens is 2. The molecular weight excluding hydrogens is 362 g/mol. The van der Waals surface area contributed by atoms with E-state index in [0.717, 1.165) is 0 Å². The molecule has 1 fully saturated rings. The third-order valence-electron chi connectivity index (χ3n) is 5.12. The minimum Gasteiger partial charge on any atom is -0.339 e. The number of carbonyl (C=O) groups excluding carboxylic acids is 2. The second-order valence-electron chi connectivity index (χ2n) is 6.94. The fourth-order valence-electron chi connectivity index (χ4n) is 3.41. The number of nitrogens with zero attached hydrogens (tertiary/aromatic N) is 2. The lowest BCUT2D eigenvalue weighted by Gasteiger charge is -2.35. The summed E-state index contributed by atoms with van der Waals surface area (Å²) in [5.41, 5.74) is 1.08. The monoisotopic (exact) mass is 386 g/mol. The van der Waals surface area contributed by atoms with Crippen LogP contribution in [0.15, 0.2) is 48.5 Å². The maximum absolute atomic E-state index is 13.7. The molecule has 0 bridgehead atoms. The second-order valence-corrected chi connectivity index (χ2v) is 6.94. The fraction of sp³-hybridized carbons (Fsp3) is 0.364. The highest BCUT2D eigenvalue weighted by atomic mass is 19.1. The third kappa shape index (κ3) is 5.15. The van der Waals surface area contributed by atoms with E-state index in [1.54, 1.807) is 46.2 Å². The lowest BCUT2D eigenvalue weighted by Crippen LogP contribution is -2.50. The van der Waals surface area contributed by atoms with Crippen molar-refractivity contribution in [3.05, 3.63) is 71.3 Å². The molecule has 0 radical (unpaired) electrons. The van der Waals surface area contributed by atoms with Gasteiger partial charge in [0.15, 0.2) is 0 Å². The SMILES string of the molecule is O=C(CCc1ccccc1F)N1CCN(C(=O)CCc2ccccc2F)CC1. The van der Waals surface area contributed by atoms with Crippen LogP contribution in [-0.4, -0.2) is 47.8 Å². The quantitative estimate of drug-likeness (QED) is 0.765. The molecule has 2 aromatic carbocycles. The van der Waals surface area contributed by atoms with Crippen LogP contribution < -0.4 is 0 Å². The topological polar surface area (TPSA) is 40.6 Å². The molecule has 1 aliphatic rings. The summed E-state index contributed by atoms with van der Waals surface area (Å²) in [5.74, 6) is -0.635. The van der Waals surface area contributed by atoms with Gasteiger partial charge in [0, 0.05) is 39.0 Å². The minimum absolute atomic E-state index is 0.0262. The largest absolute Gasteiger partial charge is 0.339 e. The van der Waals surface area contributed by atoms with E-state index < -0.39 is 0 Å². The molecule has 0 unspecified atom stereocenters. The Kier molecular flexibility index (Phi) is 6.74. The van der Waals surface area contributed by atoms with Gasteiger partial charge in [0.05, 0.1) is 0 Å². The Hall–Kier alpha value is -2.76. The van der Waals surface area contributed by atoms with Gasteiger partial charge in [-0.1, -0.05) is 36.4 Å². The molecule has 2 amide bonds. The van der Waals surface area contributed by atoms with Crippen LogP contribution in [0, 0.1) is 11.6 Å². The number of rotatable bonds is 6. The minimum atomic E-state index is -0.291. The summed E-state index contributed by atoms with van der Waals surface area (Å²) in [6, 6.07) is 12.9. The number of piperazine rings is 1. The van der Waals surface area contributed by atoms with Crippen LogP contribution in [0.2, 0.25) is 0 Å². The standard InChI is InChI=1S/C22H24F2N2O2/c23-19-7-3-1-5-17(19)9-11-21(27)25-13-15-26(16-14-25)22(28)12-10-18-6-2-4-8-20(18)24/h1-8H,9-16H2. The van der Waals surface area contributed by atoms with E-state index in [0.29, 0.717) is 50.1 Å². The summed E-state index contributed by atoms with van der Waals surface area (Å²) in [7, 11) is 0. The first kappa shape index (κ1) is 20.0. The van der Waals surface area contributed by atoms with Crippen molar-refractivity contribution >= 4 is 11.8 Å². The van der Waals surface area contributed by atoms with Crippen molar-refractivity contribution in [3.63, 3.8) is 0 Å². The first-order valence-electron chi connectivity index (χ1n) is 9.57. The van der Waals surface area contributed by atoms with Crippen molar-refractivity contribution < 1.29 is 18.4 Å². The van der Waals surface area contributed by atoms with Gasteiger partial charge >= 0.3 is 0 Å². The van der Waals surface area contributed by atoms with Crippen LogP contribution in [0.4, 0.5) is 8.78 Å². The van der Waals surface area contributed by atoms with Gasteiger partial charge in [-0.15, -0.1) is 0 Å². The van der Waals surface area contributed by atoms with Gasteiger partial charge in [-0.3, -0.25) is 9.59 Å². The first-order valence-corrected chi connectivity index (χ1v) is 9.57. The Morgan fingerprint density at radius 1 is 0.679 bits per heavy atom. The van der Waals surface area contributed by atoms with Crippen molar-refractivity contribution in [2.45, 2.75) is 25.7 Å². The summed E-state index contributed by atoms with van der Waals surface area (Å²) in [6.45, 7) is 1.90. The van der Waals surface area contributed by atoms with Crippen molar-refractivity contribution in [1.82, 2.24) is 9.80 Å². The molecule has 1 heterocycles. The summed E-state index contributed by atoms with van der Waals surface area (Å²) in [5, 5.41) is 0. The van der Waals surface area contributed by atoms with E-state index in [1.807, 2.05) is 0 Å². The molecule has 3 rings (SSSR count). The predicted octanol–water partition coefficient (Wildman–Crippen LogP) is 3.20. The fourth-order valence-corrected chi connectivity index (χ4v) is 3.41. The van der Waals surface area contributed by atoms with Crippen molar-refractivity contribution in [1.29, 1.82) is 0 Å². The van der Waals surface area contributed by atoms with Gasteiger partial charge < -0.3 is 9.80 Å². The molecule has 4 nitrogen and oxygen atoms in total. The summed E-state index contributed by atoms with van der Waals surface area (Å²) in [4.78, 5) is 28.2. The second kappa shape index (κ2) is 9.44. The van der Waals surface area contributed by atoms with Gasteiger partial charge in [-0.05, 0) is 36.1 Å². The molecule has 0 aromatic heterocycles. The number of carbonyl (C=O) groups is 2. The van der Waals surface area contributed by atoms with Crippen LogP contribution >= 0.6 is 0 Å². The molecule has 0 aliphatic carbocycles. The van der Waals surface area contributed by atoms with Crippen LogP contribution in [0.1, 0.15) is 24.0 Å². The maximum atomic E-state index is 13.7. The van der Waals surface area contributed by atoms with Crippen molar-refractivity contribution in [2.75, 3.05) is 26.2 Å². The molecule has 148 valence electrons. The zero-order chi connectivity index (χ0) is 19.9. The molecule has 2 aromatic rings. The first-order chi connectivity index (χ1) is 13.5. The number of hydrogen-bond acceptors (Lipinski definition) is 2.